The van der Waals surface area contributed by atoms with E-state index in [9.17, 15) is 4.79 Å². The predicted molar refractivity (Wildman–Crippen MR) is 62.9 cm³/mol. The zero-order valence-electron chi connectivity index (χ0n) is 10.6. The van der Waals surface area contributed by atoms with Gasteiger partial charge in [0.15, 0.2) is 0 Å². The van der Waals surface area contributed by atoms with Gasteiger partial charge in [-0.2, -0.15) is 0 Å². The Kier molecular flexibility index (Phi) is 8.38. The molecular formula is C12H25NO2. The van der Waals surface area contributed by atoms with Crippen LogP contribution in [0.3, 0.4) is 0 Å². The van der Waals surface area contributed by atoms with Gasteiger partial charge in [-0.05, 0) is 25.9 Å². The van der Waals surface area contributed by atoms with Crippen LogP contribution in [0.1, 0.15) is 46.5 Å². The highest BCUT2D eigenvalue weighted by atomic mass is 16.5. The standard InChI is InChI=1S/C12H25NO2/c1-5-8-9-11(12(14)15-4)13(7-3)10-6-2/h11H,5-10H2,1-4H3. The number of ether oxygens (including phenoxy) is 1. The summed E-state index contributed by atoms with van der Waals surface area (Å²) in [5, 5.41) is 0. The molecule has 0 saturated carbocycles. The van der Waals surface area contributed by atoms with Crippen LogP contribution in [0.2, 0.25) is 0 Å². The fourth-order valence-corrected chi connectivity index (χ4v) is 1.80. The summed E-state index contributed by atoms with van der Waals surface area (Å²) in [5.74, 6) is -0.0845. The maximum absolute atomic E-state index is 11.6. The number of nitrogens with zero attached hydrogens (tertiary/aromatic N) is 1. The molecule has 1 unspecified atom stereocenters. The van der Waals surface area contributed by atoms with Crippen LogP contribution in [-0.4, -0.2) is 37.1 Å². The minimum atomic E-state index is -0.0845. The number of hydrogen-bond acceptors (Lipinski definition) is 3. The molecule has 0 fully saturated rings. The lowest BCUT2D eigenvalue weighted by Gasteiger charge is -2.28. The van der Waals surface area contributed by atoms with Crippen LogP contribution in [0.15, 0.2) is 0 Å². The van der Waals surface area contributed by atoms with Crippen molar-refractivity contribution in [2.45, 2.75) is 52.5 Å². The zero-order valence-corrected chi connectivity index (χ0v) is 10.6. The van der Waals surface area contributed by atoms with Crippen molar-refractivity contribution in [3.05, 3.63) is 0 Å². The predicted octanol–water partition coefficient (Wildman–Crippen LogP) is 2.45. The molecule has 3 heteroatoms. The Balaban J connectivity index is 4.35. The van der Waals surface area contributed by atoms with E-state index in [0.29, 0.717) is 0 Å². The van der Waals surface area contributed by atoms with Gasteiger partial charge in [0.25, 0.3) is 0 Å². The van der Waals surface area contributed by atoms with E-state index < -0.39 is 0 Å². The number of hydrogen-bond donors (Lipinski definition) is 0. The summed E-state index contributed by atoms with van der Waals surface area (Å²) in [6.45, 7) is 8.26. The van der Waals surface area contributed by atoms with Crippen molar-refractivity contribution in [2.24, 2.45) is 0 Å². The number of carbonyl (C=O) groups is 1. The molecule has 0 aromatic rings. The van der Waals surface area contributed by atoms with Crippen molar-refractivity contribution in [1.82, 2.24) is 4.90 Å². The van der Waals surface area contributed by atoms with Gasteiger partial charge in [-0.25, -0.2) is 0 Å². The molecule has 3 nitrogen and oxygen atoms in total. The number of rotatable bonds is 8. The fourth-order valence-electron chi connectivity index (χ4n) is 1.80. The SMILES string of the molecule is CCCCC(C(=O)OC)N(CC)CCC. The van der Waals surface area contributed by atoms with Crippen molar-refractivity contribution >= 4 is 5.97 Å². The van der Waals surface area contributed by atoms with Gasteiger partial charge in [0, 0.05) is 0 Å². The second-order valence-corrected chi connectivity index (χ2v) is 3.81. The second kappa shape index (κ2) is 8.72. The van der Waals surface area contributed by atoms with Crippen molar-refractivity contribution in [2.75, 3.05) is 20.2 Å². The van der Waals surface area contributed by atoms with Crippen LogP contribution in [0, 0.1) is 0 Å². The highest BCUT2D eigenvalue weighted by Crippen LogP contribution is 2.11. The van der Waals surface area contributed by atoms with Gasteiger partial charge in [0.2, 0.25) is 0 Å². The highest BCUT2D eigenvalue weighted by molar-refractivity contribution is 5.75. The van der Waals surface area contributed by atoms with Crippen LogP contribution >= 0.6 is 0 Å². The molecule has 0 amide bonds. The lowest BCUT2D eigenvalue weighted by Crippen LogP contribution is -2.42. The third-order valence-electron chi connectivity index (χ3n) is 2.66. The summed E-state index contributed by atoms with van der Waals surface area (Å²) in [6, 6.07) is -0.0418. The normalized spacial score (nSPS) is 12.9. The molecule has 0 bridgehead atoms. The zero-order chi connectivity index (χ0) is 11.7. The Morgan fingerprint density at radius 2 is 1.93 bits per heavy atom. The van der Waals surface area contributed by atoms with Gasteiger partial charge in [-0.1, -0.05) is 33.6 Å². The summed E-state index contributed by atoms with van der Waals surface area (Å²) in [4.78, 5) is 13.8. The topological polar surface area (TPSA) is 29.5 Å². The molecule has 0 N–H and O–H groups in total. The Morgan fingerprint density at radius 1 is 1.27 bits per heavy atom. The van der Waals surface area contributed by atoms with E-state index in [1.165, 1.54) is 7.11 Å². The summed E-state index contributed by atoms with van der Waals surface area (Å²) in [6.07, 6.45) is 4.20. The smallest absolute Gasteiger partial charge is 0.323 e. The van der Waals surface area contributed by atoms with E-state index in [4.69, 9.17) is 4.74 Å². The lowest BCUT2D eigenvalue weighted by atomic mass is 10.1. The Bertz CT molecular complexity index is 171. The van der Waals surface area contributed by atoms with Crippen LogP contribution in [-0.2, 0) is 9.53 Å². The van der Waals surface area contributed by atoms with Crippen molar-refractivity contribution in [3.8, 4) is 0 Å². The monoisotopic (exact) mass is 215 g/mol. The average molecular weight is 215 g/mol. The van der Waals surface area contributed by atoms with Crippen molar-refractivity contribution in [3.63, 3.8) is 0 Å². The molecule has 0 aliphatic rings. The number of carbonyl (C=O) groups excluding carboxylic acids is 1. The molecule has 0 aromatic carbocycles. The quantitative estimate of drug-likeness (QED) is 0.582. The molecule has 1 atom stereocenters. The molecule has 0 aromatic heterocycles. The number of esters is 1. The minimum Gasteiger partial charge on any atom is -0.468 e. The van der Waals surface area contributed by atoms with Crippen LogP contribution in [0.25, 0.3) is 0 Å². The molecule has 0 aliphatic heterocycles. The number of methoxy groups -OCH3 is 1. The van der Waals surface area contributed by atoms with Crippen LogP contribution < -0.4 is 0 Å². The average Bonchev–Trinajstić information content (AvgIpc) is 2.27. The van der Waals surface area contributed by atoms with Crippen molar-refractivity contribution < 1.29 is 9.53 Å². The third-order valence-corrected chi connectivity index (χ3v) is 2.66. The van der Waals surface area contributed by atoms with E-state index in [1.54, 1.807) is 0 Å². The number of likely N-dealkylation sites (N-methyl/N-ethyl adjacent to an activating group) is 1. The Morgan fingerprint density at radius 3 is 2.33 bits per heavy atom. The maximum Gasteiger partial charge on any atom is 0.323 e. The second-order valence-electron chi connectivity index (χ2n) is 3.81. The summed E-state index contributed by atoms with van der Waals surface area (Å²) < 4.78 is 4.86. The molecular weight excluding hydrogens is 190 g/mol. The maximum atomic E-state index is 11.6. The van der Waals surface area contributed by atoms with Crippen LogP contribution in [0.5, 0.6) is 0 Å². The van der Waals surface area contributed by atoms with Gasteiger partial charge in [-0.3, -0.25) is 9.69 Å². The van der Waals surface area contributed by atoms with Gasteiger partial charge >= 0.3 is 5.97 Å². The van der Waals surface area contributed by atoms with E-state index in [1.807, 2.05) is 0 Å². The van der Waals surface area contributed by atoms with Crippen LogP contribution in [0.4, 0.5) is 0 Å². The summed E-state index contributed by atoms with van der Waals surface area (Å²) >= 11 is 0. The molecule has 0 spiro atoms. The first-order valence-corrected chi connectivity index (χ1v) is 6.03. The van der Waals surface area contributed by atoms with Gasteiger partial charge < -0.3 is 4.74 Å². The first-order valence-electron chi connectivity index (χ1n) is 6.03. The van der Waals surface area contributed by atoms with Gasteiger partial charge in [-0.15, -0.1) is 0 Å². The first kappa shape index (κ1) is 14.4. The summed E-state index contributed by atoms with van der Waals surface area (Å²) in [7, 11) is 1.47. The van der Waals surface area contributed by atoms with E-state index in [-0.39, 0.29) is 12.0 Å². The first-order chi connectivity index (χ1) is 7.21. The number of unbranched alkanes of at least 4 members (excludes halogenated alkanes) is 1. The largest absolute Gasteiger partial charge is 0.468 e. The molecule has 90 valence electrons. The molecule has 0 radical (unpaired) electrons. The van der Waals surface area contributed by atoms with Gasteiger partial charge in [0.1, 0.15) is 6.04 Å². The molecule has 0 aliphatic carbocycles. The lowest BCUT2D eigenvalue weighted by molar-refractivity contribution is -0.147. The van der Waals surface area contributed by atoms with Crippen molar-refractivity contribution in [1.29, 1.82) is 0 Å². The fraction of sp³-hybridized carbons (Fsp3) is 0.917. The highest BCUT2D eigenvalue weighted by Gasteiger charge is 2.24. The molecule has 0 rings (SSSR count). The Labute approximate surface area is 93.8 Å². The summed E-state index contributed by atoms with van der Waals surface area (Å²) in [5.41, 5.74) is 0. The molecule has 15 heavy (non-hydrogen) atoms. The van der Waals surface area contributed by atoms with E-state index >= 15 is 0 Å². The third kappa shape index (κ3) is 5.17. The Hall–Kier alpha value is -0.570. The van der Waals surface area contributed by atoms with Gasteiger partial charge in [0.05, 0.1) is 7.11 Å². The van der Waals surface area contributed by atoms with E-state index in [0.717, 1.165) is 38.8 Å². The minimum absolute atomic E-state index is 0.0418. The molecule has 0 saturated heterocycles. The van der Waals surface area contributed by atoms with E-state index in [2.05, 4.69) is 25.7 Å². The molecule has 0 heterocycles.